The molecule has 1 heterocycles. The van der Waals surface area contributed by atoms with Crippen LogP contribution in [0.5, 0.6) is 5.75 Å². The van der Waals surface area contributed by atoms with Crippen molar-refractivity contribution in [2.45, 2.75) is 13.2 Å². The Balaban J connectivity index is 0.000000509. The number of carbonyl (C=O) groups is 2. The highest BCUT2D eigenvalue weighted by Crippen LogP contribution is 2.25. The van der Waals surface area contributed by atoms with E-state index in [0.717, 1.165) is 34.1 Å². The quantitative estimate of drug-likeness (QED) is 0.307. The van der Waals surface area contributed by atoms with Gasteiger partial charge in [0, 0.05) is 24.2 Å². The minimum absolute atomic E-state index is 0.556. The van der Waals surface area contributed by atoms with Gasteiger partial charge in [0.2, 0.25) is 5.95 Å². The van der Waals surface area contributed by atoms with Crippen molar-refractivity contribution in [3.63, 3.8) is 0 Å². The van der Waals surface area contributed by atoms with E-state index in [0.29, 0.717) is 18.2 Å². The Hall–Kier alpha value is -4.30. The van der Waals surface area contributed by atoms with Gasteiger partial charge in [-0.05, 0) is 35.4 Å². The van der Waals surface area contributed by atoms with Gasteiger partial charge in [0.25, 0.3) is 0 Å². The summed E-state index contributed by atoms with van der Waals surface area (Å²) in [6, 6.07) is 26.0. The lowest BCUT2D eigenvalue weighted by molar-refractivity contribution is -0.159. The molecule has 35 heavy (non-hydrogen) atoms. The van der Waals surface area contributed by atoms with Crippen LogP contribution in [0.1, 0.15) is 11.1 Å². The second-order valence-corrected chi connectivity index (χ2v) is 7.86. The zero-order valence-electron chi connectivity index (χ0n) is 18.9. The van der Waals surface area contributed by atoms with Crippen LogP contribution in [0.25, 0.3) is 11.3 Å². The standard InChI is InChI=1S/C24H22ClN3O.C2H2O4/c1-28-23(20-10-6-11-21(25)14-20)16-27-24(28)26-15-19-9-5-12-22(13-19)29-17-18-7-3-2-4-8-18;3-1(4)2(5)6/h2-14,16H,15,17H2,1H3,(H,26,27);(H,3,4)(H,5,6). The number of carboxylic acids is 2. The normalized spacial score (nSPS) is 10.1. The van der Waals surface area contributed by atoms with E-state index in [-0.39, 0.29) is 0 Å². The highest BCUT2D eigenvalue weighted by atomic mass is 35.5. The Labute approximate surface area is 207 Å². The van der Waals surface area contributed by atoms with E-state index in [1.807, 2.05) is 72.4 Å². The molecule has 0 unspecified atom stereocenters. The first-order chi connectivity index (χ1) is 16.8. The van der Waals surface area contributed by atoms with Crippen molar-refractivity contribution in [3.05, 3.63) is 101 Å². The second-order valence-electron chi connectivity index (χ2n) is 7.42. The second kappa shape index (κ2) is 12.2. The number of anilines is 1. The van der Waals surface area contributed by atoms with Crippen molar-refractivity contribution in [1.82, 2.24) is 9.55 Å². The molecule has 180 valence electrons. The van der Waals surface area contributed by atoms with Crippen LogP contribution < -0.4 is 10.1 Å². The van der Waals surface area contributed by atoms with Crippen molar-refractivity contribution in [2.75, 3.05) is 5.32 Å². The zero-order valence-corrected chi connectivity index (χ0v) is 19.6. The molecule has 3 aromatic carbocycles. The molecule has 0 radical (unpaired) electrons. The summed E-state index contributed by atoms with van der Waals surface area (Å²) >= 11 is 6.12. The molecular weight excluding hydrogens is 470 g/mol. The summed E-state index contributed by atoms with van der Waals surface area (Å²) in [5, 5.41) is 18.9. The Bertz CT molecular complexity index is 1280. The number of aromatic nitrogens is 2. The van der Waals surface area contributed by atoms with Gasteiger partial charge in [-0.15, -0.1) is 0 Å². The van der Waals surface area contributed by atoms with Crippen molar-refractivity contribution in [3.8, 4) is 17.0 Å². The number of imidazole rings is 1. The van der Waals surface area contributed by atoms with E-state index < -0.39 is 11.9 Å². The molecule has 0 fully saturated rings. The third kappa shape index (κ3) is 7.62. The number of carboxylic acid groups (broad SMARTS) is 2. The van der Waals surface area contributed by atoms with Crippen LogP contribution in [0.4, 0.5) is 5.95 Å². The van der Waals surface area contributed by atoms with Gasteiger partial charge >= 0.3 is 11.9 Å². The molecule has 4 rings (SSSR count). The molecule has 0 amide bonds. The number of nitrogens with one attached hydrogen (secondary N) is 1. The van der Waals surface area contributed by atoms with Crippen LogP contribution in [0.3, 0.4) is 0 Å². The van der Waals surface area contributed by atoms with Crippen molar-refractivity contribution in [1.29, 1.82) is 0 Å². The average Bonchev–Trinajstić information content (AvgIpc) is 3.23. The molecule has 0 aliphatic rings. The topological polar surface area (TPSA) is 114 Å². The molecule has 0 saturated heterocycles. The molecule has 8 nitrogen and oxygen atoms in total. The Morgan fingerprint density at radius 2 is 1.63 bits per heavy atom. The Kier molecular flexibility index (Phi) is 8.86. The lowest BCUT2D eigenvalue weighted by Gasteiger charge is -2.11. The number of rotatable bonds is 7. The van der Waals surface area contributed by atoms with E-state index in [1.165, 1.54) is 0 Å². The maximum absolute atomic E-state index is 9.10. The first-order valence-electron chi connectivity index (χ1n) is 10.6. The summed E-state index contributed by atoms with van der Waals surface area (Å²) in [4.78, 5) is 22.7. The number of ether oxygens (including phenoxy) is 1. The van der Waals surface area contributed by atoms with Gasteiger partial charge in [0.1, 0.15) is 12.4 Å². The van der Waals surface area contributed by atoms with Gasteiger partial charge in [-0.2, -0.15) is 0 Å². The molecule has 0 saturated carbocycles. The van der Waals surface area contributed by atoms with Crippen molar-refractivity contribution >= 4 is 29.5 Å². The van der Waals surface area contributed by atoms with Gasteiger partial charge in [0.05, 0.1) is 11.9 Å². The molecule has 0 bridgehead atoms. The largest absolute Gasteiger partial charge is 0.489 e. The van der Waals surface area contributed by atoms with Gasteiger partial charge in [-0.1, -0.05) is 66.2 Å². The fourth-order valence-electron chi connectivity index (χ4n) is 3.16. The van der Waals surface area contributed by atoms with Crippen molar-refractivity contribution < 1.29 is 24.5 Å². The first kappa shape index (κ1) is 25.3. The first-order valence-corrected chi connectivity index (χ1v) is 10.9. The fraction of sp³-hybridized carbons (Fsp3) is 0.115. The van der Waals surface area contributed by atoms with Crippen molar-refractivity contribution in [2.24, 2.45) is 7.05 Å². The summed E-state index contributed by atoms with van der Waals surface area (Å²) in [6.45, 7) is 1.21. The maximum atomic E-state index is 9.10. The molecule has 9 heteroatoms. The third-order valence-electron chi connectivity index (χ3n) is 4.89. The molecular formula is C26H24ClN3O5. The number of hydrogen-bond donors (Lipinski definition) is 3. The van der Waals surface area contributed by atoms with E-state index in [9.17, 15) is 0 Å². The van der Waals surface area contributed by atoms with Crippen LogP contribution in [-0.2, 0) is 29.8 Å². The van der Waals surface area contributed by atoms with Gasteiger partial charge in [0.15, 0.2) is 0 Å². The molecule has 0 aliphatic carbocycles. The molecule has 0 atom stereocenters. The van der Waals surface area contributed by atoms with Crippen LogP contribution >= 0.6 is 11.6 Å². The summed E-state index contributed by atoms with van der Waals surface area (Å²) in [5.74, 6) is -1.99. The van der Waals surface area contributed by atoms with E-state index in [2.05, 4.69) is 34.6 Å². The van der Waals surface area contributed by atoms with Crippen LogP contribution in [0.2, 0.25) is 5.02 Å². The highest BCUT2D eigenvalue weighted by Gasteiger charge is 2.09. The van der Waals surface area contributed by atoms with Gasteiger partial charge in [-0.3, -0.25) is 0 Å². The lowest BCUT2D eigenvalue weighted by Crippen LogP contribution is -2.09. The number of benzene rings is 3. The Morgan fingerprint density at radius 1 is 0.943 bits per heavy atom. The molecule has 4 aromatic rings. The van der Waals surface area contributed by atoms with Crippen LogP contribution in [0.15, 0.2) is 85.1 Å². The van der Waals surface area contributed by atoms with Gasteiger partial charge in [-0.25, -0.2) is 14.6 Å². The molecule has 0 aliphatic heterocycles. The van der Waals surface area contributed by atoms with Crippen LogP contribution in [-0.4, -0.2) is 31.7 Å². The molecule has 1 aromatic heterocycles. The predicted molar refractivity (Wildman–Crippen MR) is 133 cm³/mol. The smallest absolute Gasteiger partial charge is 0.414 e. The zero-order chi connectivity index (χ0) is 25.2. The number of nitrogens with zero attached hydrogens (tertiary/aromatic N) is 2. The SMILES string of the molecule is Cn1c(-c2cccc(Cl)c2)cnc1NCc1cccc(OCc2ccccc2)c1.O=C(O)C(=O)O. The number of halogens is 1. The van der Waals surface area contributed by atoms with E-state index >= 15 is 0 Å². The van der Waals surface area contributed by atoms with E-state index in [4.69, 9.17) is 36.1 Å². The Morgan fingerprint density at radius 3 is 2.31 bits per heavy atom. The minimum atomic E-state index is -1.82. The predicted octanol–water partition coefficient (Wildman–Crippen LogP) is 5.09. The summed E-state index contributed by atoms with van der Waals surface area (Å²) in [6.07, 6.45) is 1.85. The van der Waals surface area contributed by atoms with E-state index in [1.54, 1.807) is 0 Å². The number of aliphatic carboxylic acids is 2. The third-order valence-corrected chi connectivity index (χ3v) is 5.12. The monoisotopic (exact) mass is 493 g/mol. The van der Waals surface area contributed by atoms with Gasteiger partial charge < -0.3 is 24.8 Å². The average molecular weight is 494 g/mol. The number of hydrogen-bond acceptors (Lipinski definition) is 5. The highest BCUT2D eigenvalue weighted by molar-refractivity contribution is 6.30. The fourth-order valence-corrected chi connectivity index (χ4v) is 3.35. The summed E-state index contributed by atoms with van der Waals surface area (Å²) in [7, 11) is 1.99. The molecule has 3 N–H and O–H groups in total. The maximum Gasteiger partial charge on any atom is 0.414 e. The molecule has 0 spiro atoms. The summed E-state index contributed by atoms with van der Waals surface area (Å²) < 4.78 is 7.95. The summed E-state index contributed by atoms with van der Waals surface area (Å²) in [5.41, 5.74) is 4.33. The minimum Gasteiger partial charge on any atom is -0.489 e. The van der Waals surface area contributed by atoms with Crippen LogP contribution in [0, 0.1) is 0 Å². The lowest BCUT2D eigenvalue weighted by atomic mass is 10.2.